The van der Waals surface area contributed by atoms with Crippen molar-refractivity contribution in [3.63, 3.8) is 0 Å². The molecule has 0 amide bonds. The van der Waals surface area contributed by atoms with E-state index in [-0.39, 0.29) is 0 Å². The zero-order valence-corrected chi connectivity index (χ0v) is 11.0. The van der Waals surface area contributed by atoms with Crippen molar-refractivity contribution in [3.05, 3.63) is 40.9 Å². The van der Waals surface area contributed by atoms with Gasteiger partial charge in [-0.15, -0.1) is 22.7 Å². The molecular weight excluding hydrogens is 270 g/mol. The van der Waals surface area contributed by atoms with Crippen LogP contribution in [-0.2, 0) is 0 Å². The fourth-order valence-electron chi connectivity index (χ4n) is 2.12. The van der Waals surface area contributed by atoms with Gasteiger partial charge in [0.05, 0.1) is 10.2 Å². The molecule has 82 valence electrons. The van der Waals surface area contributed by atoms with E-state index in [1.807, 2.05) is 11.3 Å². The molecule has 0 aliphatic heterocycles. The Labute approximate surface area is 110 Å². The molecule has 0 bridgehead atoms. The second kappa shape index (κ2) is 3.42. The molecule has 2 aromatic heterocycles. The van der Waals surface area contributed by atoms with Crippen LogP contribution in [0.4, 0.5) is 0 Å². The molecule has 0 saturated heterocycles. The number of aromatic nitrogens is 1. The maximum absolute atomic E-state index is 5.95. The summed E-state index contributed by atoms with van der Waals surface area (Å²) in [5.74, 6) is 0. The van der Waals surface area contributed by atoms with Gasteiger partial charge in [-0.3, -0.25) is 0 Å². The summed E-state index contributed by atoms with van der Waals surface area (Å²) in [5.41, 5.74) is 0.996. The summed E-state index contributed by atoms with van der Waals surface area (Å²) in [4.78, 5) is 4.34. The number of halogens is 1. The number of fused-ring (bicyclic) bond motifs is 4. The Hall–Kier alpha value is -1.16. The third kappa shape index (κ3) is 1.40. The van der Waals surface area contributed by atoms with Gasteiger partial charge in [0, 0.05) is 20.2 Å². The van der Waals surface area contributed by atoms with E-state index in [1.165, 1.54) is 31.5 Å². The van der Waals surface area contributed by atoms with Gasteiger partial charge in [0.25, 0.3) is 0 Å². The molecule has 0 atom stereocenters. The average Bonchev–Trinajstić information content (AvgIpc) is 2.84. The molecule has 0 spiro atoms. The first-order valence-corrected chi connectivity index (χ1v) is 7.20. The highest BCUT2D eigenvalue weighted by Gasteiger charge is 2.08. The fraction of sp³-hybridized carbons (Fsp3) is 0. The summed E-state index contributed by atoms with van der Waals surface area (Å²) in [5, 5.41) is 2.58. The lowest BCUT2D eigenvalue weighted by Gasteiger charge is -1.91. The summed E-state index contributed by atoms with van der Waals surface area (Å²) >= 11 is 9.31. The first-order chi connectivity index (χ1) is 8.31. The highest BCUT2D eigenvalue weighted by atomic mass is 35.5. The Bertz CT molecular complexity index is 860. The second-order valence-corrected chi connectivity index (χ2v) is 6.58. The highest BCUT2D eigenvalue weighted by molar-refractivity contribution is 7.26. The predicted octanol–water partition coefficient (Wildman–Crippen LogP) is 5.32. The van der Waals surface area contributed by atoms with E-state index in [0.717, 1.165) is 10.2 Å². The van der Waals surface area contributed by atoms with E-state index >= 15 is 0 Å². The normalized spacial score (nSPS) is 11.8. The average molecular weight is 276 g/mol. The van der Waals surface area contributed by atoms with Crippen molar-refractivity contribution in [1.29, 1.82) is 0 Å². The van der Waals surface area contributed by atoms with Gasteiger partial charge in [-0.25, -0.2) is 4.98 Å². The van der Waals surface area contributed by atoms with Crippen molar-refractivity contribution in [2.24, 2.45) is 0 Å². The van der Waals surface area contributed by atoms with Gasteiger partial charge >= 0.3 is 0 Å². The van der Waals surface area contributed by atoms with Crippen LogP contribution in [0, 0.1) is 0 Å². The first-order valence-electron chi connectivity index (χ1n) is 5.18. The molecule has 4 rings (SSSR count). The van der Waals surface area contributed by atoms with Crippen molar-refractivity contribution >= 4 is 64.7 Å². The quantitative estimate of drug-likeness (QED) is 0.423. The minimum atomic E-state index is 0.613. The summed E-state index contributed by atoms with van der Waals surface area (Å²) in [6.07, 6.45) is 0. The lowest BCUT2D eigenvalue weighted by molar-refractivity contribution is 1.51. The van der Waals surface area contributed by atoms with Crippen LogP contribution in [0.1, 0.15) is 0 Å². The van der Waals surface area contributed by atoms with Gasteiger partial charge in [-0.1, -0.05) is 29.8 Å². The predicted molar refractivity (Wildman–Crippen MR) is 77.5 cm³/mol. The van der Waals surface area contributed by atoms with Crippen molar-refractivity contribution in [3.8, 4) is 0 Å². The zero-order valence-electron chi connectivity index (χ0n) is 8.61. The Morgan fingerprint density at radius 1 is 0.882 bits per heavy atom. The van der Waals surface area contributed by atoms with E-state index in [0.29, 0.717) is 4.47 Å². The molecule has 0 aliphatic carbocycles. The van der Waals surface area contributed by atoms with Crippen LogP contribution in [-0.4, -0.2) is 4.98 Å². The maximum atomic E-state index is 5.95. The van der Waals surface area contributed by atoms with E-state index < -0.39 is 0 Å². The van der Waals surface area contributed by atoms with Crippen molar-refractivity contribution < 1.29 is 0 Å². The molecule has 0 unspecified atom stereocenters. The largest absolute Gasteiger partial charge is 0.225 e. The van der Waals surface area contributed by atoms with Gasteiger partial charge in [0.2, 0.25) is 0 Å². The molecule has 1 nitrogen and oxygen atoms in total. The van der Waals surface area contributed by atoms with Crippen LogP contribution in [0.15, 0.2) is 36.4 Å². The third-order valence-corrected chi connectivity index (χ3v) is 5.12. The Morgan fingerprint density at radius 2 is 1.76 bits per heavy atom. The number of nitrogens with zero attached hydrogens (tertiary/aromatic N) is 1. The van der Waals surface area contributed by atoms with Gasteiger partial charge in [0.1, 0.15) is 0 Å². The molecule has 0 radical (unpaired) electrons. The minimum absolute atomic E-state index is 0.613. The zero-order chi connectivity index (χ0) is 11.4. The van der Waals surface area contributed by atoms with Crippen LogP contribution in [0.5, 0.6) is 0 Å². The van der Waals surface area contributed by atoms with Gasteiger partial charge in [-0.2, -0.15) is 0 Å². The van der Waals surface area contributed by atoms with Crippen LogP contribution >= 0.6 is 34.3 Å². The maximum Gasteiger partial charge on any atom is 0.184 e. The molecule has 4 aromatic rings. The lowest BCUT2D eigenvalue weighted by Crippen LogP contribution is -1.68. The van der Waals surface area contributed by atoms with E-state index in [9.17, 15) is 0 Å². The number of hydrogen-bond acceptors (Lipinski definition) is 3. The summed E-state index contributed by atoms with van der Waals surface area (Å²) in [7, 11) is 0. The molecule has 0 saturated carbocycles. The molecule has 2 heterocycles. The highest BCUT2D eigenvalue weighted by Crippen LogP contribution is 2.38. The fourth-order valence-corrected chi connectivity index (χ4v) is 4.37. The number of thiophene rings is 1. The van der Waals surface area contributed by atoms with Crippen LogP contribution in [0.2, 0.25) is 4.47 Å². The summed E-state index contributed by atoms with van der Waals surface area (Å²) in [6.45, 7) is 0. The lowest BCUT2D eigenvalue weighted by atomic mass is 10.1. The Morgan fingerprint density at radius 3 is 2.71 bits per heavy atom. The van der Waals surface area contributed by atoms with E-state index in [1.54, 1.807) is 0 Å². The topological polar surface area (TPSA) is 12.9 Å². The van der Waals surface area contributed by atoms with Crippen molar-refractivity contribution in [2.45, 2.75) is 0 Å². The smallest absolute Gasteiger partial charge is 0.184 e. The van der Waals surface area contributed by atoms with E-state index in [4.69, 9.17) is 11.6 Å². The van der Waals surface area contributed by atoms with E-state index in [2.05, 4.69) is 41.4 Å². The SMILES string of the molecule is Clc1nc2cc3c(cc2s1)sc1ccccc13. The minimum Gasteiger partial charge on any atom is -0.225 e. The van der Waals surface area contributed by atoms with Crippen LogP contribution < -0.4 is 0 Å². The number of rotatable bonds is 0. The molecule has 2 aromatic carbocycles. The Kier molecular flexibility index (Phi) is 1.98. The van der Waals surface area contributed by atoms with Crippen molar-refractivity contribution in [2.75, 3.05) is 0 Å². The van der Waals surface area contributed by atoms with Gasteiger partial charge in [0.15, 0.2) is 4.47 Å². The molecular formula is C13H6ClNS2. The number of benzene rings is 2. The molecule has 0 fully saturated rings. The van der Waals surface area contributed by atoms with Crippen LogP contribution in [0.25, 0.3) is 30.4 Å². The Balaban J connectivity index is 2.26. The summed E-state index contributed by atoms with van der Waals surface area (Å²) in [6, 6.07) is 12.8. The standard InChI is InChI=1S/C13H6ClNS2/c14-13-15-9-5-8-7-3-1-2-4-10(7)16-11(8)6-12(9)17-13/h1-6H. The second-order valence-electron chi connectivity index (χ2n) is 3.88. The van der Waals surface area contributed by atoms with Crippen LogP contribution in [0.3, 0.4) is 0 Å². The van der Waals surface area contributed by atoms with Gasteiger partial charge < -0.3 is 0 Å². The third-order valence-electron chi connectivity index (χ3n) is 2.86. The number of hydrogen-bond donors (Lipinski definition) is 0. The molecule has 17 heavy (non-hydrogen) atoms. The van der Waals surface area contributed by atoms with Gasteiger partial charge in [-0.05, 0) is 18.2 Å². The first kappa shape index (κ1) is 9.83. The molecule has 0 aliphatic rings. The summed E-state index contributed by atoms with van der Waals surface area (Å²) < 4.78 is 4.40. The van der Waals surface area contributed by atoms with Crippen molar-refractivity contribution in [1.82, 2.24) is 4.98 Å². The molecule has 4 heteroatoms. The number of thiazole rings is 1. The molecule has 0 N–H and O–H groups in total. The monoisotopic (exact) mass is 275 g/mol.